The highest BCUT2D eigenvalue weighted by atomic mass is 19.1. The van der Waals surface area contributed by atoms with Crippen LogP contribution in [-0.2, 0) is 6.54 Å². The molecule has 2 rings (SSSR count). The largest absolute Gasteiger partial charge is 0.306 e. The van der Waals surface area contributed by atoms with E-state index in [9.17, 15) is 4.39 Å². The Morgan fingerprint density at radius 3 is 2.48 bits per heavy atom. The molecule has 1 unspecified atom stereocenters. The first kappa shape index (κ1) is 15.2. The monoisotopic (exact) mass is 282 g/mol. The molecule has 1 atom stereocenters. The zero-order valence-electron chi connectivity index (χ0n) is 12.3. The predicted molar refractivity (Wildman–Crippen MR) is 82.0 cm³/mol. The fraction of sp³-hybridized carbons (Fsp3) is 0.278. The highest BCUT2D eigenvalue weighted by Crippen LogP contribution is 2.22. The maximum Gasteiger partial charge on any atom is 0.140 e. The smallest absolute Gasteiger partial charge is 0.140 e. The summed E-state index contributed by atoms with van der Waals surface area (Å²) in [4.78, 5) is 0. The third kappa shape index (κ3) is 3.90. The highest BCUT2D eigenvalue weighted by Gasteiger charge is 2.15. The first-order valence-electron chi connectivity index (χ1n) is 7.08. The van der Waals surface area contributed by atoms with Crippen LogP contribution in [0.5, 0.6) is 0 Å². The summed E-state index contributed by atoms with van der Waals surface area (Å²) in [6.07, 6.45) is 0. The summed E-state index contributed by atoms with van der Waals surface area (Å²) in [6.45, 7) is 4.93. The van der Waals surface area contributed by atoms with Crippen molar-refractivity contribution in [2.75, 3.05) is 0 Å². The minimum atomic E-state index is -0.468. The average Bonchev–Trinajstić information content (AvgIpc) is 2.49. The molecule has 0 bridgehead atoms. The van der Waals surface area contributed by atoms with Gasteiger partial charge in [-0.25, -0.2) is 4.39 Å². The Balaban J connectivity index is 2.11. The number of nitrogens with zero attached hydrogens (tertiary/aromatic N) is 1. The van der Waals surface area contributed by atoms with Crippen molar-refractivity contribution in [3.63, 3.8) is 0 Å². The van der Waals surface area contributed by atoms with Crippen LogP contribution in [0.2, 0.25) is 0 Å². The molecule has 0 heterocycles. The number of hydrogen-bond acceptors (Lipinski definition) is 2. The summed E-state index contributed by atoms with van der Waals surface area (Å²) < 4.78 is 13.3. The summed E-state index contributed by atoms with van der Waals surface area (Å²) in [5.74, 6) is -0.0343. The van der Waals surface area contributed by atoms with E-state index in [1.807, 2.05) is 24.3 Å². The Kier molecular flexibility index (Phi) is 5.08. The third-order valence-corrected chi connectivity index (χ3v) is 3.50. The second kappa shape index (κ2) is 7.01. The molecule has 0 amide bonds. The van der Waals surface area contributed by atoms with Gasteiger partial charge in [0, 0.05) is 12.6 Å². The van der Waals surface area contributed by atoms with Gasteiger partial charge in [-0.05, 0) is 29.2 Å². The van der Waals surface area contributed by atoms with E-state index in [0.29, 0.717) is 12.5 Å². The highest BCUT2D eigenvalue weighted by molar-refractivity contribution is 5.34. The van der Waals surface area contributed by atoms with Gasteiger partial charge in [-0.3, -0.25) is 0 Å². The molecule has 108 valence electrons. The average molecular weight is 282 g/mol. The van der Waals surface area contributed by atoms with Gasteiger partial charge < -0.3 is 5.32 Å². The Morgan fingerprint density at radius 1 is 1.14 bits per heavy atom. The molecule has 2 aromatic rings. The molecular formula is C18H19FN2. The fourth-order valence-corrected chi connectivity index (χ4v) is 2.39. The fourth-order valence-electron chi connectivity index (χ4n) is 2.39. The number of nitriles is 1. The van der Waals surface area contributed by atoms with Gasteiger partial charge in [-0.1, -0.05) is 50.2 Å². The molecule has 0 aliphatic rings. The number of nitrogens with one attached hydrogen (secondary N) is 1. The van der Waals surface area contributed by atoms with Gasteiger partial charge in [0.05, 0.1) is 5.56 Å². The molecule has 0 aliphatic carbocycles. The lowest BCUT2D eigenvalue weighted by Crippen LogP contribution is -2.25. The van der Waals surface area contributed by atoms with E-state index in [4.69, 9.17) is 5.26 Å². The maximum absolute atomic E-state index is 13.3. The lowest BCUT2D eigenvalue weighted by Gasteiger charge is -2.23. The van der Waals surface area contributed by atoms with Gasteiger partial charge in [0.2, 0.25) is 0 Å². The van der Waals surface area contributed by atoms with Gasteiger partial charge >= 0.3 is 0 Å². The molecule has 1 N–H and O–H groups in total. The standard InChI is InChI=1S/C18H19FN2/c1-13(2)18(15-6-4-3-5-7-15)21-12-14-8-9-17(19)16(10-14)11-20/h3-10,13,18,21H,12H2,1-2H3. The first-order chi connectivity index (χ1) is 10.1. The third-order valence-electron chi connectivity index (χ3n) is 3.50. The molecule has 2 nitrogen and oxygen atoms in total. The van der Waals surface area contributed by atoms with E-state index in [1.54, 1.807) is 12.1 Å². The summed E-state index contributed by atoms with van der Waals surface area (Å²) in [6, 6.07) is 17.0. The van der Waals surface area contributed by atoms with Crippen LogP contribution in [0.3, 0.4) is 0 Å². The Morgan fingerprint density at radius 2 is 1.86 bits per heavy atom. The number of halogens is 1. The topological polar surface area (TPSA) is 35.8 Å². The van der Waals surface area contributed by atoms with Crippen LogP contribution >= 0.6 is 0 Å². The Labute approximate surface area is 125 Å². The minimum absolute atomic E-state index is 0.0927. The number of rotatable bonds is 5. The lowest BCUT2D eigenvalue weighted by atomic mass is 9.96. The molecule has 0 aromatic heterocycles. The molecule has 3 heteroatoms. The summed E-state index contributed by atoms with van der Waals surface area (Å²) in [5, 5.41) is 12.4. The van der Waals surface area contributed by atoms with E-state index in [1.165, 1.54) is 11.6 Å². The van der Waals surface area contributed by atoms with E-state index in [-0.39, 0.29) is 11.6 Å². The summed E-state index contributed by atoms with van der Waals surface area (Å²) in [5.41, 5.74) is 2.24. The molecule has 21 heavy (non-hydrogen) atoms. The second-order valence-corrected chi connectivity index (χ2v) is 5.44. The van der Waals surface area contributed by atoms with Gasteiger partial charge in [0.1, 0.15) is 11.9 Å². The van der Waals surface area contributed by atoms with Crippen LogP contribution < -0.4 is 5.32 Å². The summed E-state index contributed by atoms with van der Waals surface area (Å²) in [7, 11) is 0. The van der Waals surface area contributed by atoms with E-state index < -0.39 is 5.82 Å². The van der Waals surface area contributed by atoms with Crippen molar-refractivity contribution in [1.29, 1.82) is 5.26 Å². The van der Waals surface area contributed by atoms with Crippen LogP contribution in [0.15, 0.2) is 48.5 Å². The van der Waals surface area contributed by atoms with Gasteiger partial charge in [-0.2, -0.15) is 5.26 Å². The molecule has 0 saturated heterocycles. The zero-order valence-corrected chi connectivity index (χ0v) is 12.3. The first-order valence-corrected chi connectivity index (χ1v) is 7.08. The second-order valence-electron chi connectivity index (χ2n) is 5.44. The van der Waals surface area contributed by atoms with E-state index >= 15 is 0 Å². The molecule has 0 saturated carbocycles. The van der Waals surface area contributed by atoms with Gasteiger partial charge in [0.25, 0.3) is 0 Å². The molecular weight excluding hydrogens is 263 g/mol. The normalized spacial score (nSPS) is 12.1. The summed E-state index contributed by atoms with van der Waals surface area (Å²) >= 11 is 0. The van der Waals surface area contributed by atoms with Gasteiger partial charge in [-0.15, -0.1) is 0 Å². The van der Waals surface area contributed by atoms with Crippen molar-refractivity contribution < 1.29 is 4.39 Å². The van der Waals surface area contributed by atoms with Crippen molar-refractivity contribution in [2.45, 2.75) is 26.4 Å². The minimum Gasteiger partial charge on any atom is -0.306 e. The quantitative estimate of drug-likeness (QED) is 0.892. The number of hydrogen-bond donors (Lipinski definition) is 1. The Bertz CT molecular complexity index is 629. The number of benzene rings is 2. The maximum atomic E-state index is 13.3. The zero-order chi connectivity index (χ0) is 15.2. The predicted octanol–water partition coefficient (Wildman–Crippen LogP) is 4.18. The van der Waals surface area contributed by atoms with Crippen molar-refractivity contribution in [2.24, 2.45) is 5.92 Å². The Hall–Kier alpha value is -2.18. The van der Waals surface area contributed by atoms with Crippen LogP contribution in [0, 0.1) is 23.1 Å². The lowest BCUT2D eigenvalue weighted by molar-refractivity contribution is 0.410. The van der Waals surface area contributed by atoms with Crippen LogP contribution in [0.1, 0.15) is 36.6 Å². The van der Waals surface area contributed by atoms with Crippen LogP contribution in [0.4, 0.5) is 4.39 Å². The van der Waals surface area contributed by atoms with Crippen molar-refractivity contribution in [3.05, 3.63) is 71.0 Å². The van der Waals surface area contributed by atoms with Crippen molar-refractivity contribution >= 4 is 0 Å². The molecule has 0 radical (unpaired) electrons. The van der Waals surface area contributed by atoms with Crippen molar-refractivity contribution in [3.8, 4) is 6.07 Å². The van der Waals surface area contributed by atoms with Crippen LogP contribution in [-0.4, -0.2) is 0 Å². The molecule has 0 aliphatic heterocycles. The van der Waals surface area contributed by atoms with Crippen molar-refractivity contribution in [1.82, 2.24) is 5.32 Å². The van der Waals surface area contributed by atoms with Crippen LogP contribution in [0.25, 0.3) is 0 Å². The SMILES string of the molecule is CC(C)C(NCc1ccc(F)c(C#N)c1)c1ccccc1. The molecule has 0 fully saturated rings. The van der Waals surface area contributed by atoms with Gasteiger partial charge in [0.15, 0.2) is 0 Å². The van der Waals surface area contributed by atoms with E-state index in [2.05, 4.69) is 31.3 Å². The molecule has 2 aromatic carbocycles. The molecule has 0 spiro atoms. The van der Waals surface area contributed by atoms with E-state index in [0.717, 1.165) is 5.56 Å².